The van der Waals surface area contributed by atoms with Crippen molar-refractivity contribution in [2.45, 2.75) is 51.5 Å². The average Bonchev–Trinajstić information content (AvgIpc) is 2.35. The number of rotatable bonds is 3. The molecule has 17 heavy (non-hydrogen) atoms. The predicted octanol–water partition coefficient (Wildman–Crippen LogP) is 1.30. The highest BCUT2D eigenvalue weighted by molar-refractivity contribution is 5.94. The van der Waals surface area contributed by atoms with Crippen LogP contribution in [0.5, 0.6) is 0 Å². The Morgan fingerprint density at radius 3 is 2.65 bits per heavy atom. The van der Waals surface area contributed by atoms with Gasteiger partial charge >= 0.3 is 0 Å². The van der Waals surface area contributed by atoms with Gasteiger partial charge in [0.25, 0.3) is 0 Å². The molecule has 0 bridgehead atoms. The van der Waals surface area contributed by atoms with Gasteiger partial charge in [0, 0.05) is 6.54 Å². The Balaban J connectivity index is 1.83. The van der Waals surface area contributed by atoms with E-state index in [2.05, 4.69) is 5.32 Å². The lowest BCUT2D eigenvalue weighted by molar-refractivity contribution is -0.145. The largest absolute Gasteiger partial charge is 0.345 e. The summed E-state index contributed by atoms with van der Waals surface area (Å²) in [6.07, 6.45) is 7.66. The second-order valence-corrected chi connectivity index (χ2v) is 5.27. The summed E-state index contributed by atoms with van der Waals surface area (Å²) in [4.78, 5) is 25.0. The Morgan fingerprint density at radius 2 is 1.94 bits per heavy atom. The molecule has 1 atom stereocenters. The smallest absolute Gasteiger partial charge is 0.242 e. The molecule has 2 aliphatic rings. The van der Waals surface area contributed by atoms with Crippen LogP contribution < -0.4 is 5.32 Å². The normalized spacial score (nSPS) is 27.1. The highest BCUT2D eigenvalue weighted by Gasteiger charge is 2.30. The zero-order chi connectivity index (χ0) is 12.3. The summed E-state index contributed by atoms with van der Waals surface area (Å²) in [5.41, 5.74) is 0. The van der Waals surface area contributed by atoms with Gasteiger partial charge in [-0.05, 0) is 19.3 Å². The number of piperazine rings is 1. The van der Waals surface area contributed by atoms with Gasteiger partial charge in [-0.2, -0.15) is 0 Å². The molecule has 4 heteroatoms. The second-order valence-electron chi connectivity index (χ2n) is 5.27. The van der Waals surface area contributed by atoms with Crippen LogP contribution in [-0.4, -0.2) is 35.8 Å². The maximum absolute atomic E-state index is 11.7. The zero-order valence-corrected chi connectivity index (χ0v) is 10.6. The first kappa shape index (κ1) is 12.4. The lowest BCUT2D eigenvalue weighted by Crippen LogP contribution is -2.57. The fraction of sp³-hybridized carbons (Fsp3) is 0.846. The Labute approximate surface area is 103 Å². The molecule has 0 aromatic rings. The molecule has 2 amide bonds. The monoisotopic (exact) mass is 238 g/mol. The molecular formula is C13H22N2O2. The van der Waals surface area contributed by atoms with E-state index >= 15 is 0 Å². The molecule has 4 nitrogen and oxygen atoms in total. The van der Waals surface area contributed by atoms with Crippen LogP contribution in [0.25, 0.3) is 0 Å². The van der Waals surface area contributed by atoms with E-state index < -0.39 is 0 Å². The van der Waals surface area contributed by atoms with Crippen molar-refractivity contribution in [2.75, 3.05) is 13.1 Å². The van der Waals surface area contributed by atoms with Gasteiger partial charge in [-0.3, -0.25) is 9.59 Å². The molecule has 1 heterocycles. The van der Waals surface area contributed by atoms with E-state index in [1.165, 1.54) is 32.1 Å². The van der Waals surface area contributed by atoms with Crippen LogP contribution >= 0.6 is 0 Å². The molecule has 0 aromatic carbocycles. The van der Waals surface area contributed by atoms with E-state index in [-0.39, 0.29) is 24.4 Å². The Kier molecular flexibility index (Phi) is 4.02. The predicted molar refractivity (Wildman–Crippen MR) is 65.4 cm³/mol. The van der Waals surface area contributed by atoms with Gasteiger partial charge in [-0.25, -0.2) is 0 Å². The fourth-order valence-electron chi connectivity index (χ4n) is 2.89. The maximum atomic E-state index is 11.7. The third-order valence-electron chi connectivity index (χ3n) is 4.08. The number of carbonyl (C=O) groups excluding carboxylic acids is 2. The lowest BCUT2D eigenvalue weighted by Gasteiger charge is -2.34. The zero-order valence-electron chi connectivity index (χ0n) is 10.6. The molecule has 0 aromatic heterocycles. The average molecular weight is 238 g/mol. The van der Waals surface area contributed by atoms with Crippen LogP contribution in [0.4, 0.5) is 0 Å². The van der Waals surface area contributed by atoms with Crippen LogP contribution in [0.2, 0.25) is 0 Å². The summed E-state index contributed by atoms with van der Waals surface area (Å²) in [5.74, 6) is 0.801. The van der Waals surface area contributed by atoms with E-state index in [1.807, 2.05) is 6.92 Å². The van der Waals surface area contributed by atoms with Crippen molar-refractivity contribution < 1.29 is 9.59 Å². The second kappa shape index (κ2) is 5.52. The van der Waals surface area contributed by atoms with Crippen LogP contribution in [0, 0.1) is 5.92 Å². The standard InChI is InChI=1S/C13H22N2O2/c1-10-13(17)14-9-12(16)15(10)8-7-11-5-3-2-4-6-11/h10-11H,2-9H2,1H3,(H,14,17). The molecule has 2 rings (SSSR count). The van der Waals surface area contributed by atoms with Crippen molar-refractivity contribution in [3.05, 3.63) is 0 Å². The minimum absolute atomic E-state index is 0.0201. The van der Waals surface area contributed by atoms with Crippen molar-refractivity contribution in [3.63, 3.8) is 0 Å². The third-order valence-corrected chi connectivity index (χ3v) is 4.08. The maximum Gasteiger partial charge on any atom is 0.242 e. The lowest BCUT2D eigenvalue weighted by atomic mass is 9.87. The fourth-order valence-corrected chi connectivity index (χ4v) is 2.89. The molecule has 1 saturated carbocycles. The van der Waals surface area contributed by atoms with Crippen LogP contribution in [-0.2, 0) is 9.59 Å². The van der Waals surface area contributed by atoms with E-state index in [0.29, 0.717) is 0 Å². The van der Waals surface area contributed by atoms with Crippen molar-refractivity contribution in [1.82, 2.24) is 10.2 Å². The highest BCUT2D eigenvalue weighted by atomic mass is 16.2. The molecule has 96 valence electrons. The first-order valence-corrected chi connectivity index (χ1v) is 6.75. The summed E-state index contributed by atoms with van der Waals surface area (Å²) in [5, 5.41) is 2.62. The van der Waals surface area contributed by atoms with E-state index in [9.17, 15) is 9.59 Å². The van der Waals surface area contributed by atoms with E-state index in [1.54, 1.807) is 4.90 Å². The van der Waals surface area contributed by atoms with Crippen molar-refractivity contribution in [1.29, 1.82) is 0 Å². The first-order chi connectivity index (χ1) is 8.18. The van der Waals surface area contributed by atoms with Gasteiger partial charge in [0.1, 0.15) is 6.04 Å². The summed E-state index contributed by atoms with van der Waals surface area (Å²) >= 11 is 0. The van der Waals surface area contributed by atoms with Gasteiger partial charge in [0.2, 0.25) is 11.8 Å². The number of nitrogens with zero attached hydrogens (tertiary/aromatic N) is 1. The number of carbonyl (C=O) groups is 2. The molecule has 0 radical (unpaired) electrons. The summed E-state index contributed by atoms with van der Waals surface area (Å²) in [7, 11) is 0. The van der Waals surface area contributed by atoms with Crippen molar-refractivity contribution >= 4 is 11.8 Å². The van der Waals surface area contributed by atoms with Crippen LogP contribution in [0.1, 0.15) is 45.4 Å². The molecule has 1 aliphatic heterocycles. The van der Waals surface area contributed by atoms with Gasteiger partial charge in [0.15, 0.2) is 0 Å². The minimum atomic E-state index is -0.292. The van der Waals surface area contributed by atoms with Gasteiger partial charge < -0.3 is 10.2 Å². The quantitative estimate of drug-likeness (QED) is 0.805. The molecule has 1 saturated heterocycles. The first-order valence-electron chi connectivity index (χ1n) is 6.75. The third kappa shape index (κ3) is 2.99. The summed E-state index contributed by atoms with van der Waals surface area (Å²) in [6.45, 7) is 2.74. The van der Waals surface area contributed by atoms with Crippen LogP contribution in [0.15, 0.2) is 0 Å². The van der Waals surface area contributed by atoms with E-state index in [4.69, 9.17) is 0 Å². The molecule has 1 aliphatic carbocycles. The van der Waals surface area contributed by atoms with Crippen molar-refractivity contribution in [2.24, 2.45) is 5.92 Å². The summed E-state index contributed by atoms with van der Waals surface area (Å²) in [6, 6.07) is -0.292. The molecule has 2 fully saturated rings. The number of hydrogen-bond donors (Lipinski definition) is 1. The Bertz CT molecular complexity index is 298. The SMILES string of the molecule is CC1C(=O)NCC(=O)N1CCC1CCCCC1. The highest BCUT2D eigenvalue weighted by Crippen LogP contribution is 2.26. The summed E-state index contributed by atoms with van der Waals surface area (Å²) < 4.78 is 0. The molecule has 0 spiro atoms. The molecule has 1 N–H and O–H groups in total. The number of amides is 2. The Hall–Kier alpha value is -1.06. The van der Waals surface area contributed by atoms with Crippen LogP contribution in [0.3, 0.4) is 0 Å². The van der Waals surface area contributed by atoms with E-state index in [0.717, 1.165) is 18.9 Å². The minimum Gasteiger partial charge on any atom is -0.345 e. The topological polar surface area (TPSA) is 49.4 Å². The molecular weight excluding hydrogens is 216 g/mol. The number of hydrogen-bond acceptors (Lipinski definition) is 2. The number of nitrogens with one attached hydrogen (secondary N) is 1. The van der Waals surface area contributed by atoms with Gasteiger partial charge in [-0.1, -0.05) is 32.1 Å². The Morgan fingerprint density at radius 1 is 1.24 bits per heavy atom. The van der Waals surface area contributed by atoms with Crippen molar-refractivity contribution in [3.8, 4) is 0 Å². The van der Waals surface area contributed by atoms with Gasteiger partial charge in [0.05, 0.1) is 6.54 Å². The van der Waals surface area contributed by atoms with Gasteiger partial charge in [-0.15, -0.1) is 0 Å². The molecule has 1 unspecified atom stereocenters.